The van der Waals surface area contributed by atoms with Gasteiger partial charge in [0, 0.05) is 6.20 Å². The minimum Gasteiger partial charge on any atom is -0.476 e. The third-order valence-electron chi connectivity index (χ3n) is 3.56. The number of nitrogens with zero attached hydrogens (tertiary/aromatic N) is 4. The highest BCUT2D eigenvalue weighted by Gasteiger charge is 2.18. The van der Waals surface area contributed by atoms with E-state index in [0.29, 0.717) is 11.3 Å². The molecule has 2 aromatic heterocycles. The van der Waals surface area contributed by atoms with Crippen LogP contribution in [-0.2, 0) is 0 Å². The van der Waals surface area contributed by atoms with E-state index in [9.17, 15) is 9.90 Å². The second-order valence-electron chi connectivity index (χ2n) is 5.51. The van der Waals surface area contributed by atoms with Crippen LogP contribution in [0.1, 0.15) is 27.2 Å². The van der Waals surface area contributed by atoms with Crippen molar-refractivity contribution in [2.24, 2.45) is 10.2 Å². The Morgan fingerprint density at radius 1 is 1.09 bits per heavy atom. The molecule has 2 heterocycles. The van der Waals surface area contributed by atoms with E-state index < -0.39 is 5.97 Å². The number of carboxylic acids is 1. The van der Waals surface area contributed by atoms with Gasteiger partial charge in [-0.25, -0.2) is 9.78 Å². The van der Waals surface area contributed by atoms with Gasteiger partial charge in [-0.1, -0.05) is 18.2 Å². The molecule has 3 rings (SSSR count). The molecule has 0 radical (unpaired) electrons. The van der Waals surface area contributed by atoms with Crippen LogP contribution < -0.4 is 0 Å². The van der Waals surface area contributed by atoms with Gasteiger partial charge < -0.3 is 5.11 Å². The average Bonchev–Trinajstić information content (AvgIpc) is 2.86. The van der Waals surface area contributed by atoms with Gasteiger partial charge in [-0.2, -0.15) is 0 Å². The van der Waals surface area contributed by atoms with Crippen LogP contribution in [0.3, 0.4) is 0 Å². The van der Waals surface area contributed by atoms with Gasteiger partial charge in [-0.3, -0.25) is 4.40 Å². The molecule has 0 spiro atoms. The van der Waals surface area contributed by atoms with Crippen molar-refractivity contribution >= 4 is 23.1 Å². The fourth-order valence-electron chi connectivity index (χ4n) is 2.31. The number of rotatable bonds is 3. The molecule has 0 amide bonds. The summed E-state index contributed by atoms with van der Waals surface area (Å²) in [6.45, 7) is 5.83. The smallest absolute Gasteiger partial charge is 0.358 e. The zero-order valence-electron chi connectivity index (χ0n) is 13.1. The molecule has 0 unspecified atom stereocenters. The highest BCUT2D eigenvalue weighted by molar-refractivity contribution is 5.91. The molecule has 0 aliphatic heterocycles. The lowest BCUT2D eigenvalue weighted by Crippen LogP contribution is -1.96. The summed E-state index contributed by atoms with van der Waals surface area (Å²) in [5, 5.41) is 17.8. The van der Waals surface area contributed by atoms with Crippen LogP contribution in [0.2, 0.25) is 0 Å². The fraction of sp³-hybridized carbons (Fsp3) is 0.176. The fourth-order valence-corrected chi connectivity index (χ4v) is 2.31. The molecule has 0 bridgehead atoms. The van der Waals surface area contributed by atoms with Gasteiger partial charge in [-0.05, 0) is 49.6 Å². The maximum Gasteiger partial charge on any atom is 0.358 e. The molecular weight excluding hydrogens is 292 g/mol. The van der Waals surface area contributed by atoms with Gasteiger partial charge in [-0.15, -0.1) is 10.2 Å². The third kappa shape index (κ3) is 2.83. The minimum absolute atomic E-state index is 0.107. The number of benzene rings is 1. The van der Waals surface area contributed by atoms with Gasteiger partial charge in [0.05, 0.1) is 5.69 Å². The molecule has 6 nitrogen and oxygen atoms in total. The molecule has 1 aromatic carbocycles. The molecule has 3 aromatic rings. The molecule has 0 aliphatic rings. The first-order valence-corrected chi connectivity index (χ1v) is 7.16. The Kier molecular flexibility index (Phi) is 3.65. The van der Waals surface area contributed by atoms with Crippen LogP contribution in [0, 0.1) is 20.8 Å². The molecule has 6 heteroatoms. The average molecular weight is 308 g/mol. The molecule has 0 fully saturated rings. The summed E-state index contributed by atoms with van der Waals surface area (Å²) in [6.07, 6.45) is 1.80. The SMILES string of the molecule is Cc1ccc(C)c(N=Nc2c(C(=O)O)nc3ccc(C)cn23)c1. The number of aromatic nitrogens is 2. The quantitative estimate of drug-likeness (QED) is 0.729. The standard InChI is InChI=1S/C17H16N4O2/c1-10-4-6-12(3)13(8-10)19-20-16-15(17(22)23)18-14-7-5-11(2)9-21(14)16/h4-9H,1-3H3,(H,22,23). The predicted octanol–water partition coefficient (Wildman–Crippen LogP) is 4.37. The Hall–Kier alpha value is -3.02. The number of imidazole rings is 1. The van der Waals surface area contributed by atoms with Crippen LogP contribution >= 0.6 is 0 Å². The van der Waals surface area contributed by atoms with Gasteiger partial charge in [0.15, 0.2) is 11.5 Å². The number of pyridine rings is 1. The summed E-state index contributed by atoms with van der Waals surface area (Å²) in [5.74, 6) is -0.904. The summed E-state index contributed by atoms with van der Waals surface area (Å²) in [4.78, 5) is 15.5. The third-order valence-corrected chi connectivity index (χ3v) is 3.56. The molecule has 0 saturated heterocycles. The van der Waals surface area contributed by atoms with Crippen LogP contribution in [0.25, 0.3) is 5.65 Å². The van der Waals surface area contributed by atoms with Crippen LogP contribution in [-0.4, -0.2) is 20.5 Å². The number of aryl methyl sites for hydroxylation is 3. The predicted molar refractivity (Wildman–Crippen MR) is 87.0 cm³/mol. The maximum absolute atomic E-state index is 11.4. The van der Waals surface area contributed by atoms with E-state index in [1.165, 1.54) is 0 Å². The first-order chi connectivity index (χ1) is 11.0. The van der Waals surface area contributed by atoms with Crippen molar-refractivity contribution in [2.75, 3.05) is 0 Å². The van der Waals surface area contributed by atoms with E-state index in [1.807, 2.05) is 45.0 Å². The van der Waals surface area contributed by atoms with Crippen LogP contribution in [0.5, 0.6) is 0 Å². The monoisotopic (exact) mass is 308 g/mol. The molecule has 1 N–H and O–H groups in total. The Morgan fingerprint density at radius 3 is 2.57 bits per heavy atom. The number of aromatic carboxylic acids is 1. The molecule has 0 aliphatic carbocycles. The van der Waals surface area contributed by atoms with Gasteiger partial charge in [0.1, 0.15) is 5.65 Å². The Balaban J connectivity index is 2.16. The Labute approximate surface area is 133 Å². The number of fused-ring (bicyclic) bond motifs is 1. The lowest BCUT2D eigenvalue weighted by atomic mass is 10.1. The Bertz CT molecular complexity index is 941. The first kappa shape index (κ1) is 14.9. The van der Waals surface area contributed by atoms with E-state index in [4.69, 9.17) is 0 Å². The second-order valence-corrected chi connectivity index (χ2v) is 5.51. The topological polar surface area (TPSA) is 79.3 Å². The molecule has 116 valence electrons. The maximum atomic E-state index is 11.4. The number of carboxylic acid groups (broad SMARTS) is 1. The van der Waals surface area contributed by atoms with Crippen LogP contribution in [0.4, 0.5) is 11.5 Å². The van der Waals surface area contributed by atoms with E-state index >= 15 is 0 Å². The number of hydrogen-bond donors (Lipinski definition) is 1. The van der Waals surface area contributed by atoms with Crippen molar-refractivity contribution in [3.63, 3.8) is 0 Å². The lowest BCUT2D eigenvalue weighted by molar-refractivity contribution is 0.0692. The van der Waals surface area contributed by atoms with Gasteiger partial charge in [0.2, 0.25) is 0 Å². The summed E-state index contributed by atoms with van der Waals surface area (Å²) in [7, 11) is 0. The first-order valence-electron chi connectivity index (χ1n) is 7.16. The summed E-state index contributed by atoms with van der Waals surface area (Å²) >= 11 is 0. The minimum atomic E-state index is -1.12. The van der Waals surface area contributed by atoms with Gasteiger partial charge >= 0.3 is 5.97 Å². The zero-order valence-corrected chi connectivity index (χ0v) is 13.1. The van der Waals surface area contributed by atoms with E-state index in [0.717, 1.165) is 16.7 Å². The summed E-state index contributed by atoms with van der Waals surface area (Å²) in [5.41, 5.74) is 4.16. The van der Waals surface area contributed by atoms with Crippen molar-refractivity contribution in [1.29, 1.82) is 0 Å². The number of carbonyl (C=O) groups is 1. The van der Waals surface area contributed by atoms with E-state index in [1.54, 1.807) is 16.7 Å². The van der Waals surface area contributed by atoms with Crippen molar-refractivity contribution in [3.05, 3.63) is 58.9 Å². The van der Waals surface area contributed by atoms with Crippen molar-refractivity contribution in [1.82, 2.24) is 9.38 Å². The lowest BCUT2D eigenvalue weighted by Gasteiger charge is -2.01. The van der Waals surface area contributed by atoms with Crippen molar-refractivity contribution in [3.8, 4) is 0 Å². The largest absolute Gasteiger partial charge is 0.476 e. The van der Waals surface area contributed by atoms with E-state index in [-0.39, 0.29) is 11.5 Å². The highest BCUT2D eigenvalue weighted by Crippen LogP contribution is 2.26. The highest BCUT2D eigenvalue weighted by atomic mass is 16.4. The number of azo groups is 1. The summed E-state index contributed by atoms with van der Waals surface area (Å²) < 4.78 is 1.65. The Morgan fingerprint density at radius 2 is 1.83 bits per heavy atom. The molecule has 0 saturated carbocycles. The van der Waals surface area contributed by atoms with Crippen molar-refractivity contribution in [2.45, 2.75) is 20.8 Å². The van der Waals surface area contributed by atoms with Crippen molar-refractivity contribution < 1.29 is 9.90 Å². The normalized spacial score (nSPS) is 11.4. The molecule has 0 atom stereocenters. The van der Waals surface area contributed by atoms with Gasteiger partial charge in [0.25, 0.3) is 0 Å². The van der Waals surface area contributed by atoms with E-state index in [2.05, 4.69) is 15.2 Å². The van der Waals surface area contributed by atoms with Crippen LogP contribution in [0.15, 0.2) is 46.8 Å². The summed E-state index contributed by atoms with van der Waals surface area (Å²) in [6, 6.07) is 9.50. The zero-order chi connectivity index (χ0) is 16.6. The second kappa shape index (κ2) is 5.64. The number of hydrogen-bond acceptors (Lipinski definition) is 4. The molecule has 23 heavy (non-hydrogen) atoms. The molecular formula is C17H16N4O2.